The normalized spacial score (nSPS) is 9.70. The van der Waals surface area contributed by atoms with Crippen LogP contribution in [0.2, 0.25) is 0 Å². The van der Waals surface area contributed by atoms with E-state index in [2.05, 4.69) is 0 Å². The Bertz CT molecular complexity index is 244. The summed E-state index contributed by atoms with van der Waals surface area (Å²) in [5.41, 5.74) is 5.04. The van der Waals surface area contributed by atoms with E-state index in [0.717, 1.165) is 4.21 Å². The summed E-state index contributed by atoms with van der Waals surface area (Å²) in [6, 6.07) is 3.65. The van der Waals surface area contributed by atoms with Crippen LogP contribution in [0.1, 0.15) is 9.67 Å². The minimum atomic E-state index is -0.342. The average molecular weight is 173 g/mol. The van der Waals surface area contributed by atoms with Crippen molar-refractivity contribution >= 4 is 29.0 Å². The Morgan fingerprint density at radius 3 is 2.70 bits per heavy atom. The molecule has 0 bridgehead atoms. The second-order valence-electron chi connectivity index (χ2n) is 1.69. The van der Waals surface area contributed by atoms with Crippen molar-refractivity contribution in [1.29, 1.82) is 0 Å². The molecule has 0 aromatic carbocycles. The molecule has 0 atom stereocenters. The van der Waals surface area contributed by atoms with Crippen LogP contribution in [0.3, 0.4) is 0 Å². The van der Waals surface area contributed by atoms with Crippen LogP contribution in [0.15, 0.2) is 16.3 Å². The second-order valence-corrected chi connectivity index (χ2v) is 3.88. The number of amides is 1. The van der Waals surface area contributed by atoms with E-state index in [9.17, 15) is 4.79 Å². The first-order chi connectivity index (χ1) is 4.74. The predicted octanol–water partition coefficient (Wildman–Crippen LogP) is 1.57. The highest BCUT2D eigenvalue weighted by molar-refractivity contribution is 8.00. The van der Waals surface area contributed by atoms with Crippen LogP contribution in [0.4, 0.5) is 0 Å². The molecular formula is C6H7NOS2. The van der Waals surface area contributed by atoms with Crippen molar-refractivity contribution in [3.63, 3.8) is 0 Å². The van der Waals surface area contributed by atoms with Crippen LogP contribution in [-0.4, -0.2) is 12.2 Å². The van der Waals surface area contributed by atoms with E-state index >= 15 is 0 Å². The number of rotatable bonds is 2. The third-order valence-corrected chi connectivity index (χ3v) is 3.21. The molecule has 1 aromatic rings. The SMILES string of the molecule is CSc1ccc(C(N)=O)s1. The van der Waals surface area contributed by atoms with Gasteiger partial charge in [0.05, 0.1) is 9.09 Å². The summed E-state index contributed by atoms with van der Waals surface area (Å²) in [7, 11) is 0. The fourth-order valence-electron chi connectivity index (χ4n) is 0.562. The fraction of sp³-hybridized carbons (Fsp3) is 0.167. The highest BCUT2D eigenvalue weighted by Gasteiger charge is 2.02. The molecule has 0 aliphatic rings. The Morgan fingerprint density at radius 1 is 1.70 bits per heavy atom. The number of thioether (sulfide) groups is 1. The van der Waals surface area contributed by atoms with Crippen molar-refractivity contribution in [3.05, 3.63) is 17.0 Å². The van der Waals surface area contributed by atoms with Crippen molar-refractivity contribution < 1.29 is 4.79 Å². The first-order valence-electron chi connectivity index (χ1n) is 2.67. The van der Waals surface area contributed by atoms with Crippen LogP contribution >= 0.6 is 23.1 Å². The summed E-state index contributed by atoms with van der Waals surface area (Å²) in [6.07, 6.45) is 1.97. The standard InChI is InChI=1S/C6H7NOS2/c1-9-5-3-2-4(10-5)6(7)8/h2-3H,1H3,(H2,7,8). The third-order valence-electron chi connectivity index (χ3n) is 1.03. The van der Waals surface area contributed by atoms with Crippen molar-refractivity contribution in [1.82, 2.24) is 0 Å². The Morgan fingerprint density at radius 2 is 2.40 bits per heavy atom. The Kier molecular flexibility index (Phi) is 2.34. The molecule has 0 fully saturated rings. The van der Waals surface area contributed by atoms with Gasteiger partial charge in [0, 0.05) is 0 Å². The third kappa shape index (κ3) is 1.52. The van der Waals surface area contributed by atoms with Gasteiger partial charge in [0.25, 0.3) is 5.91 Å². The lowest BCUT2D eigenvalue weighted by atomic mass is 10.5. The van der Waals surface area contributed by atoms with E-state index in [1.807, 2.05) is 12.3 Å². The van der Waals surface area contributed by atoms with Crippen LogP contribution in [0.5, 0.6) is 0 Å². The number of nitrogens with two attached hydrogens (primary N) is 1. The minimum Gasteiger partial charge on any atom is -0.365 e. The number of primary amides is 1. The lowest BCUT2D eigenvalue weighted by Crippen LogP contribution is -2.07. The van der Waals surface area contributed by atoms with Crippen molar-refractivity contribution in [2.75, 3.05) is 6.26 Å². The molecule has 54 valence electrons. The van der Waals surface area contributed by atoms with Gasteiger partial charge in [-0.2, -0.15) is 0 Å². The van der Waals surface area contributed by atoms with E-state index in [4.69, 9.17) is 5.73 Å². The van der Waals surface area contributed by atoms with Gasteiger partial charge < -0.3 is 5.73 Å². The number of thiophene rings is 1. The summed E-state index contributed by atoms with van der Waals surface area (Å²) >= 11 is 3.05. The van der Waals surface area contributed by atoms with Gasteiger partial charge in [-0.05, 0) is 18.4 Å². The van der Waals surface area contributed by atoms with E-state index < -0.39 is 0 Å². The predicted molar refractivity (Wildman–Crippen MR) is 44.6 cm³/mol. The zero-order valence-corrected chi connectivity index (χ0v) is 7.09. The summed E-state index contributed by atoms with van der Waals surface area (Å²) in [4.78, 5) is 11.2. The maximum absolute atomic E-state index is 10.6. The molecule has 1 rings (SSSR count). The smallest absolute Gasteiger partial charge is 0.258 e. The molecule has 0 saturated carbocycles. The van der Waals surface area contributed by atoms with Crippen LogP contribution in [0, 0.1) is 0 Å². The van der Waals surface area contributed by atoms with Crippen molar-refractivity contribution in [2.45, 2.75) is 4.21 Å². The summed E-state index contributed by atoms with van der Waals surface area (Å²) in [6.45, 7) is 0. The summed E-state index contributed by atoms with van der Waals surface area (Å²) in [5.74, 6) is -0.342. The van der Waals surface area contributed by atoms with Crippen LogP contribution < -0.4 is 5.73 Å². The first-order valence-corrected chi connectivity index (χ1v) is 4.72. The molecular weight excluding hydrogens is 166 g/mol. The molecule has 4 heteroatoms. The molecule has 0 radical (unpaired) electrons. The molecule has 0 aliphatic carbocycles. The van der Waals surface area contributed by atoms with Crippen molar-refractivity contribution in [2.24, 2.45) is 5.73 Å². The lowest BCUT2D eigenvalue weighted by molar-refractivity contribution is 0.100. The second kappa shape index (κ2) is 3.07. The van der Waals surface area contributed by atoms with Gasteiger partial charge in [-0.3, -0.25) is 4.79 Å². The minimum absolute atomic E-state index is 0.342. The largest absolute Gasteiger partial charge is 0.365 e. The molecule has 2 nitrogen and oxygen atoms in total. The zero-order chi connectivity index (χ0) is 7.56. The lowest BCUT2D eigenvalue weighted by Gasteiger charge is -1.84. The van der Waals surface area contributed by atoms with Gasteiger partial charge in [-0.25, -0.2) is 0 Å². The molecule has 0 aliphatic heterocycles. The van der Waals surface area contributed by atoms with E-state index in [1.165, 1.54) is 11.3 Å². The Labute approximate surface area is 67.4 Å². The highest BCUT2D eigenvalue weighted by Crippen LogP contribution is 2.24. The topological polar surface area (TPSA) is 43.1 Å². The van der Waals surface area contributed by atoms with Crippen LogP contribution in [0.25, 0.3) is 0 Å². The highest BCUT2D eigenvalue weighted by atomic mass is 32.2. The number of carbonyl (C=O) groups is 1. The summed E-state index contributed by atoms with van der Waals surface area (Å²) in [5, 5.41) is 0. The monoisotopic (exact) mass is 173 g/mol. The van der Waals surface area contributed by atoms with Gasteiger partial charge in [0.2, 0.25) is 0 Å². The molecule has 10 heavy (non-hydrogen) atoms. The molecule has 0 spiro atoms. The molecule has 2 N–H and O–H groups in total. The number of hydrogen-bond acceptors (Lipinski definition) is 3. The van der Waals surface area contributed by atoms with Gasteiger partial charge in [0.15, 0.2) is 0 Å². The quantitative estimate of drug-likeness (QED) is 0.690. The van der Waals surface area contributed by atoms with E-state index in [0.29, 0.717) is 4.88 Å². The molecule has 0 unspecified atom stereocenters. The average Bonchev–Trinajstić information content (AvgIpc) is 2.34. The number of carbonyl (C=O) groups excluding carboxylic acids is 1. The maximum atomic E-state index is 10.6. The fourth-order valence-corrected chi connectivity index (χ4v) is 1.96. The van der Waals surface area contributed by atoms with Gasteiger partial charge in [-0.15, -0.1) is 23.1 Å². The first kappa shape index (κ1) is 7.63. The molecule has 1 heterocycles. The van der Waals surface area contributed by atoms with Crippen LogP contribution in [-0.2, 0) is 0 Å². The van der Waals surface area contributed by atoms with E-state index in [1.54, 1.807) is 17.8 Å². The Hall–Kier alpha value is -0.480. The van der Waals surface area contributed by atoms with Gasteiger partial charge in [-0.1, -0.05) is 0 Å². The maximum Gasteiger partial charge on any atom is 0.258 e. The van der Waals surface area contributed by atoms with Gasteiger partial charge in [0.1, 0.15) is 0 Å². The van der Waals surface area contributed by atoms with Gasteiger partial charge >= 0.3 is 0 Å². The number of hydrogen-bond donors (Lipinski definition) is 1. The van der Waals surface area contributed by atoms with E-state index in [-0.39, 0.29) is 5.91 Å². The van der Waals surface area contributed by atoms with Crippen molar-refractivity contribution in [3.8, 4) is 0 Å². The Balaban J connectivity index is 2.88. The summed E-state index contributed by atoms with van der Waals surface area (Å²) < 4.78 is 1.12. The zero-order valence-electron chi connectivity index (χ0n) is 5.46. The molecule has 1 amide bonds. The molecule has 0 saturated heterocycles. The molecule has 1 aromatic heterocycles.